The quantitative estimate of drug-likeness (QED) is 0.741. The molecule has 0 saturated heterocycles. The van der Waals surface area contributed by atoms with Crippen molar-refractivity contribution in [3.05, 3.63) is 52.3 Å². The number of fused-ring (bicyclic) bond motifs is 1. The van der Waals surface area contributed by atoms with Crippen molar-refractivity contribution in [2.24, 2.45) is 0 Å². The van der Waals surface area contributed by atoms with Gasteiger partial charge < -0.3 is 5.73 Å². The predicted octanol–water partition coefficient (Wildman–Crippen LogP) is 3.82. The van der Waals surface area contributed by atoms with Crippen molar-refractivity contribution in [1.29, 1.82) is 0 Å². The van der Waals surface area contributed by atoms with E-state index in [1.807, 2.05) is 29.7 Å². The van der Waals surface area contributed by atoms with Gasteiger partial charge in [-0.15, -0.1) is 0 Å². The minimum Gasteiger partial charge on any atom is -0.369 e. The van der Waals surface area contributed by atoms with E-state index in [4.69, 9.17) is 5.73 Å². The fourth-order valence-electron chi connectivity index (χ4n) is 2.19. The second-order valence-corrected chi connectivity index (χ2v) is 5.34. The molecule has 0 aliphatic heterocycles. The third-order valence-electron chi connectivity index (χ3n) is 2.93. The maximum Gasteiger partial charge on any atom is 0.205 e. The van der Waals surface area contributed by atoms with Crippen molar-refractivity contribution in [2.75, 3.05) is 5.73 Å². The van der Waals surface area contributed by atoms with Gasteiger partial charge in [0, 0.05) is 10.5 Å². The van der Waals surface area contributed by atoms with E-state index in [0.29, 0.717) is 11.5 Å². The largest absolute Gasteiger partial charge is 0.369 e. The van der Waals surface area contributed by atoms with Crippen LogP contribution in [-0.4, -0.2) is 9.55 Å². The van der Waals surface area contributed by atoms with E-state index in [1.54, 1.807) is 6.07 Å². The summed E-state index contributed by atoms with van der Waals surface area (Å²) in [5.74, 6) is 0.0284. The van der Waals surface area contributed by atoms with Crippen LogP contribution < -0.4 is 5.73 Å². The normalized spacial score (nSPS) is 11.1. The highest BCUT2D eigenvalue weighted by Crippen LogP contribution is 2.26. The zero-order valence-electron chi connectivity index (χ0n) is 10.2. The number of halogens is 2. The molecular weight excluding hydrogens is 309 g/mol. The van der Waals surface area contributed by atoms with Crippen LogP contribution in [-0.2, 0) is 0 Å². The molecule has 96 valence electrons. The standard InChI is InChI=1S/C14H11BrFN3/c1-8-4-9(15)6-11(5-8)19-13-3-2-10(16)7-12(13)18-14(19)17/h2-7H,1H3,(H2,17,18). The number of aryl methyl sites for hydroxylation is 1. The molecule has 19 heavy (non-hydrogen) atoms. The first kappa shape index (κ1) is 12.2. The molecule has 2 aromatic carbocycles. The number of nitrogens with two attached hydrogens (primary N) is 1. The molecule has 3 nitrogen and oxygen atoms in total. The average Bonchev–Trinajstić information content (AvgIpc) is 2.62. The van der Waals surface area contributed by atoms with Gasteiger partial charge in [-0.05, 0) is 42.8 Å². The van der Waals surface area contributed by atoms with Gasteiger partial charge >= 0.3 is 0 Å². The first-order valence-corrected chi connectivity index (χ1v) is 6.55. The third kappa shape index (κ3) is 2.10. The zero-order chi connectivity index (χ0) is 13.6. The zero-order valence-corrected chi connectivity index (χ0v) is 11.8. The summed E-state index contributed by atoms with van der Waals surface area (Å²) >= 11 is 3.46. The molecule has 1 heterocycles. The molecule has 3 rings (SSSR count). The number of nitrogen functional groups attached to an aromatic ring is 1. The van der Waals surface area contributed by atoms with Crippen LogP contribution in [0.1, 0.15) is 5.56 Å². The summed E-state index contributed by atoms with van der Waals surface area (Å²) in [5, 5.41) is 0. The Morgan fingerprint density at radius 3 is 2.74 bits per heavy atom. The van der Waals surface area contributed by atoms with Crippen LogP contribution in [0.15, 0.2) is 40.9 Å². The smallest absolute Gasteiger partial charge is 0.205 e. The van der Waals surface area contributed by atoms with E-state index in [1.165, 1.54) is 12.1 Å². The summed E-state index contributed by atoms with van der Waals surface area (Å²) in [6.45, 7) is 2.00. The van der Waals surface area contributed by atoms with Crippen molar-refractivity contribution in [3.63, 3.8) is 0 Å². The topological polar surface area (TPSA) is 43.8 Å². The van der Waals surface area contributed by atoms with Gasteiger partial charge in [-0.1, -0.05) is 15.9 Å². The molecule has 0 saturated carbocycles. The van der Waals surface area contributed by atoms with Crippen molar-refractivity contribution in [2.45, 2.75) is 6.92 Å². The lowest BCUT2D eigenvalue weighted by atomic mass is 10.2. The average molecular weight is 320 g/mol. The Hall–Kier alpha value is -1.88. The van der Waals surface area contributed by atoms with Gasteiger partial charge in [0.25, 0.3) is 0 Å². The number of anilines is 1. The molecule has 0 unspecified atom stereocenters. The number of benzene rings is 2. The van der Waals surface area contributed by atoms with E-state index in [2.05, 4.69) is 20.9 Å². The first-order valence-electron chi connectivity index (χ1n) is 5.75. The highest BCUT2D eigenvalue weighted by molar-refractivity contribution is 9.10. The van der Waals surface area contributed by atoms with Crippen molar-refractivity contribution < 1.29 is 4.39 Å². The first-order chi connectivity index (χ1) is 9.04. The van der Waals surface area contributed by atoms with Gasteiger partial charge in [0.15, 0.2) is 0 Å². The van der Waals surface area contributed by atoms with Crippen LogP contribution >= 0.6 is 15.9 Å². The minimum absolute atomic E-state index is 0.317. The van der Waals surface area contributed by atoms with Crippen LogP contribution in [0.5, 0.6) is 0 Å². The van der Waals surface area contributed by atoms with E-state index in [-0.39, 0.29) is 5.82 Å². The second kappa shape index (κ2) is 4.35. The third-order valence-corrected chi connectivity index (χ3v) is 3.39. The molecule has 0 aliphatic rings. The van der Waals surface area contributed by atoms with Crippen molar-refractivity contribution in [3.8, 4) is 5.69 Å². The molecule has 2 N–H and O–H groups in total. The van der Waals surface area contributed by atoms with E-state index < -0.39 is 0 Å². The molecule has 3 aromatic rings. The van der Waals surface area contributed by atoms with Gasteiger partial charge in [-0.3, -0.25) is 4.57 Å². The summed E-state index contributed by atoms with van der Waals surface area (Å²) in [5.41, 5.74) is 9.29. The lowest BCUT2D eigenvalue weighted by Crippen LogP contribution is -2.00. The predicted molar refractivity (Wildman–Crippen MR) is 77.9 cm³/mol. The van der Waals surface area contributed by atoms with Gasteiger partial charge in [-0.25, -0.2) is 9.37 Å². The molecule has 0 aliphatic carbocycles. The Bertz CT molecular complexity index is 759. The van der Waals surface area contributed by atoms with E-state index in [0.717, 1.165) is 21.2 Å². The highest BCUT2D eigenvalue weighted by atomic mass is 79.9. The molecule has 1 aromatic heterocycles. The Labute approximate surface area is 118 Å². The maximum atomic E-state index is 13.2. The summed E-state index contributed by atoms with van der Waals surface area (Å²) in [6.07, 6.45) is 0. The number of aromatic nitrogens is 2. The summed E-state index contributed by atoms with van der Waals surface area (Å²) < 4.78 is 16.0. The van der Waals surface area contributed by atoms with Crippen LogP contribution in [0.4, 0.5) is 10.3 Å². The van der Waals surface area contributed by atoms with Crippen LogP contribution in [0, 0.1) is 12.7 Å². The summed E-state index contributed by atoms with van der Waals surface area (Å²) in [7, 11) is 0. The van der Waals surface area contributed by atoms with Gasteiger partial charge in [0.2, 0.25) is 5.95 Å². The van der Waals surface area contributed by atoms with Crippen LogP contribution in [0.3, 0.4) is 0 Å². The van der Waals surface area contributed by atoms with E-state index >= 15 is 0 Å². The number of hydrogen-bond acceptors (Lipinski definition) is 2. The fraction of sp³-hybridized carbons (Fsp3) is 0.0714. The SMILES string of the molecule is Cc1cc(Br)cc(-n2c(N)nc3cc(F)ccc32)c1. The molecule has 0 amide bonds. The van der Waals surface area contributed by atoms with Crippen molar-refractivity contribution >= 4 is 32.9 Å². The minimum atomic E-state index is -0.317. The Morgan fingerprint density at radius 1 is 1.21 bits per heavy atom. The van der Waals surface area contributed by atoms with Gasteiger partial charge in [-0.2, -0.15) is 0 Å². The van der Waals surface area contributed by atoms with Crippen LogP contribution in [0.25, 0.3) is 16.7 Å². The lowest BCUT2D eigenvalue weighted by molar-refractivity contribution is 0.629. The molecule has 0 fully saturated rings. The van der Waals surface area contributed by atoms with Gasteiger partial charge in [0.1, 0.15) is 5.82 Å². The Balaban J connectivity index is 2.32. The number of nitrogens with zero attached hydrogens (tertiary/aromatic N) is 2. The summed E-state index contributed by atoms with van der Waals surface area (Å²) in [6, 6.07) is 10.4. The molecular formula is C14H11BrFN3. The molecule has 5 heteroatoms. The molecule has 0 radical (unpaired) electrons. The molecule has 0 spiro atoms. The lowest BCUT2D eigenvalue weighted by Gasteiger charge is -2.08. The fourth-order valence-corrected chi connectivity index (χ4v) is 2.79. The second-order valence-electron chi connectivity index (χ2n) is 4.43. The van der Waals surface area contributed by atoms with Gasteiger partial charge in [0.05, 0.1) is 16.7 Å². The highest BCUT2D eigenvalue weighted by Gasteiger charge is 2.11. The monoisotopic (exact) mass is 319 g/mol. The van der Waals surface area contributed by atoms with Crippen molar-refractivity contribution in [1.82, 2.24) is 9.55 Å². The Kier molecular flexibility index (Phi) is 2.78. The number of hydrogen-bond donors (Lipinski definition) is 1. The maximum absolute atomic E-state index is 13.2. The van der Waals surface area contributed by atoms with E-state index in [9.17, 15) is 4.39 Å². The number of imidazole rings is 1. The molecule has 0 atom stereocenters. The Morgan fingerprint density at radius 2 is 2.00 bits per heavy atom. The number of rotatable bonds is 1. The summed E-state index contributed by atoms with van der Waals surface area (Å²) in [4.78, 5) is 4.20. The van der Waals surface area contributed by atoms with Crippen LogP contribution in [0.2, 0.25) is 0 Å². The molecule has 0 bridgehead atoms.